The summed E-state index contributed by atoms with van der Waals surface area (Å²) in [5, 5.41) is 0. The van der Waals surface area contributed by atoms with Gasteiger partial charge in [-0.15, -0.1) is 0 Å². The van der Waals surface area contributed by atoms with E-state index in [2.05, 4.69) is 5.48 Å². The maximum absolute atomic E-state index is 12.4. The molecule has 0 unspecified atom stereocenters. The van der Waals surface area contributed by atoms with Gasteiger partial charge in [-0.2, -0.15) is 4.31 Å². The molecule has 0 radical (unpaired) electrons. The summed E-state index contributed by atoms with van der Waals surface area (Å²) in [5.41, 5.74) is 2.85. The summed E-state index contributed by atoms with van der Waals surface area (Å²) >= 11 is 0. The number of rotatable bonds is 5. The Bertz CT molecular complexity index is 645. The van der Waals surface area contributed by atoms with Gasteiger partial charge in [0.2, 0.25) is 10.0 Å². The fraction of sp³-hybridized carbons (Fsp3) is 0.562. The zero-order valence-corrected chi connectivity index (χ0v) is 13.8. The highest BCUT2D eigenvalue weighted by Crippen LogP contribution is 2.22. The normalized spacial score (nSPS) is 20.0. The van der Waals surface area contributed by atoms with Gasteiger partial charge in [-0.25, -0.2) is 13.9 Å². The van der Waals surface area contributed by atoms with Gasteiger partial charge in [-0.3, -0.25) is 9.63 Å². The molecular formula is C16H22N2O4S. The first kappa shape index (κ1) is 16.4. The first-order valence-electron chi connectivity index (χ1n) is 8.13. The Labute approximate surface area is 136 Å². The van der Waals surface area contributed by atoms with E-state index in [1.165, 1.54) is 28.6 Å². The summed E-state index contributed by atoms with van der Waals surface area (Å²) in [4.78, 5) is 17.6. The number of carbonyl (C=O) groups is 1. The van der Waals surface area contributed by atoms with Crippen LogP contribution in [0, 0.1) is 0 Å². The highest BCUT2D eigenvalue weighted by molar-refractivity contribution is 7.89. The molecule has 1 aliphatic heterocycles. The molecule has 1 amide bonds. The van der Waals surface area contributed by atoms with Gasteiger partial charge in [-0.1, -0.05) is 12.8 Å². The Balaban J connectivity index is 1.63. The topological polar surface area (TPSA) is 75.7 Å². The number of sulfonamides is 1. The molecule has 1 saturated heterocycles. The van der Waals surface area contributed by atoms with E-state index in [-0.39, 0.29) is 16.9 Å². The molecule has 1 aromatic carbocycles. The van der Waals surface area contributed by atoms with E-state index in [1.54, 1.807) is 0 Å². The van der Waals surface area contributed by atoms with Crippen molar-refractivity contribution < 1.29 is 18.0 Å². The molecule has 6 nitrogen and oxygen atoms in total. The third-order valence-corrected chi connectivity index (χ3v) is 6.35. The van der Waals surface area contributed by atoms with Crippen LogP contribution in [0.5, 0.6) is 0 Å². The number of hydrogen-bond donors (Lipinski definition) is 1. The average Bonchev–Trinajstić information content (AvgIpc) is 3.26. The predicted molar refractivity (Wildman–Crippen MR) is 85.2 cm³/mol. The van der Waals surface area contributed by atoms with E-state index in [4.69, 9.17) is 4.84 Å². The molecule has 0 atom stereocenters. The molecule has 0 spiro atoms. The van der Waals surface area contributed by atoms with Crippen LogP contribution in [0.2, 0.25) is 0 Å². The second kappa shape index (κ2) is 6.98. The van der Waals surface area contributed by atoms with Crippen molar-refractivity contribution >= 4 is 15.9 Å². The van der Waals surface area contributed by atoms with Gasteiger partial charge in [0.15, 0.2) is 0 Å². The molecule has 7 heteroatoms. The second-order valence-electron chi connectivity index (χ2n) is 6.09. The van der Waals surface area contributed by atoms with Crippen LogP contribution in [0.25, 0.3) is 0 Å². The van der Waals surface area contributed by atoms with Crippen LogP contribution in [0.3, 0.4) is 0 Å². The summed E-state index contributed by atoms with van der Waals surface area (Å²) in [6.07, 6.45) is 6.08. The van der Waals surface area contributed by atoms with E-state index in [1.807, 2.05) is 0 Å². The zero-order chi connectivity index (χ0) is 16.3. The lowest BCUT2D eigenvalue weighted by atomic mass is 10.2. The number of hydroxylamine groups is 1. The molecule has 1 aliphatic carbocycles. The van der Waals surface area contributed by atoms with Crippen molar-refractivity contribution in [3.8, 4) is 0 Å². The van der Waals surface area contributed by atoms with Crippen molar-refractivity contribution in [1.29, 1.82) is 0 Å². The average molecular weight is 338 g/mol. The van der Waals surface area contributed by atoms with E-state index >= 15 is 0 Å². The third kappa shape index (κ3) is 3.73. The first-order chi connectivity index (χ1) is 11.1. The number of carbonyl (C=O) groups excluding carboxylic acids is 1. The van der Waals surface area contributed by atoms with Crippen molar-refractivity contribution in [3.63, 3.8) is 0 Å². The maximum Gasteiger partial charge on any atom is 0.274 e. The largest absolute Gasteiger partial charge is 0.274 e. The van der Waals surface area contributed by atoms with Crippen molar-refractivity contribution in [3.05, 3.63) is 29.8 Å². The quantitative estimate of drug-likeness (QED) is 0.834. The minimum absolute atomic E-state index is 0.0915. The number of amides is 1. The summed E-state index contributed by atoms with van der Waals surface area (Å²) in [6, 6.07) is 6.02. The summed E-state index contributed by atoms with van der Waals surface area (Å²) in [6.45, 7) is 1.14. The predicted octanol–water partition coefficient (Wildman–Crippen LogP) is 2.08. The fourth-order valence-corrected chi connectivity index (χ4v) is 4.57. The highest BCUT2D eigenvalue weighted by Gasteiger charge is 2.27. The molecule has 2 fully saturated rings. The molecule has 1 heterocycles. The second-order valence-corrected chi connectivity index (χ2v) is 8.03. The SMILES string of the molecule is O=C(NOC1CCCC1)c1ccc(S(=O)(=O)N2CCCC2)cc1. The van der Waals surface area contributed by atoms with E-state index in [0.29, 0.717) is 18.7 Å². The van der Waals surface area contributed by atoms with Gasteiger partial charge in [0, 0.05) is 18.7 Å². The number of nitrogens with zero attached hydrogens (tertiary/aromatic N) is 1. The van der Waals surface area contributed by atoms with E-state index in [9.17, 15) is 13.2 Å². The van der Waals surface area contributed by atoms with Crippen molar-refractivity contribution in [1.82, 2.24) is 9.79 Å². The van der Waals surface area contributed by atoms with E-state index in [0.717, 1.165) is 38.5 Å². The van der Waals surface area contributed by atoms with Crippen LogP contribution >= 0.6 is 0 Å². The van der Waals surface area contributed by atoms with Crippen LogP contribution in [-0.2, 0) is 14.9 Å². The number of benzene rings is 1. The Morgan fingerprint density at radius 1 is 1.04 bits per heavy atom. The van der Waals surface area contributed by atoms with Crippen molar-refractivity contribution in [2.45, 2.75) is 49.5 Å². The van der Waals surface area contributed by atoms with Gasteiger partial charge in [0.1, 0.15) is 0 Å². The Morgan fingerprint density at radius 2 is 1.65 bits per heavy atom. The van der Waals surface area contributed by atoms with Crippen molar-refractivity contribution in [2.75, 3.05) is 13.1 Å². The minimum atomic E-state index is -3.44. The third-order valence-electron chi connectivity index (χ3n) is 4.44. The Hall–Kier alpha value is -1.44. The van der Waals surface area contributed by atoms with Crippen LogP contribution in [-0.4, -0.2) is 37.8 Å². The standard InChI is InChI=1S/C16H22N2O4S/c19-16(17-22-14-5-1-2-6-14)13-7-9-15(10-8-13)23(20,21)18-11-3-4-12-18/h7-10,14H,1-6,11-12H2,(H,17,19). The minimum Gasteiger partial charge on any atom is -0.270 e. The number of hydrogen-bond acceptors (Lipinski definition) is 4. The fourth-order valence-electron chi connectivity index (χ4n) is 3.06. The van der Waals surface area contributed by atoms with Crippen molar-refractivity contribution in [2.24, 2.45) is 0 Å². The molecule has 23 heavy (non-hydrogen) atoms. The van der Waals surface area contributed by atoms with Gasteiger partial charge < -0.3 is 0 Å². The van der Waals surface area contributed by atoms with Crippen LogP contribution < -0.4 is 5.48 Å². The molecule has 1 aromatic rings. The monoisotopic (exact) mass is 338 g/mol. The molecule has 0 aromatic heterocycles. The summed E-state index contributed by atoms with van der Waals surface area (Å²) in [7, 11) is -3.44. The van der Waals surface area contributed by atoms with Gasteiger partial charge in [0.25, 0.3) is 5.91 Å². The smallest absolute Gasteiger partial charge is 0.270 e. The maximum atomic E-state index is 12.4. The van der Waals surface area contributed by atoms with Gasteiger partial charge >= 0.3 is 0 Å². The Morgan fingerprint density at radius 3 is 2.26 bits per heavy atom. The number of nitrogens with one attached hydrogen (secondary N) is 1. The first-order valence-corrected chi connectivity index (χ1v) is 9.57. The van der Waals surface area contributed by atoms with Crippen LogP contribution in [0.4, 0.5) is 0 Å². The lowest BCUT2D eigenvalue weighted by Gasteiger charge is -2.15. The molecule has 126 valence electrons. The molecule has 0 bridgehead atoms. The lowest BCUT2D eigenvalue weighted by molar-refractivity contribution is -0.0124. The Kier molecular flexibility index (Phi) is 4.99. The molecule has 3 rings (SSSR count). The zero-order valence-electron chi connectivity index (χ0n) is 13.0. The van der Waals surface area contributed by atoms with Crippen LogP contribution in [0.1, 0.15) is 48.9 Å². The summed E-state index contributed by atoms with van der Waals surface area (Å²) < 4.78 is 26.3. The lowest BCUT2D eigenvalue weighted by Crippen LogP contribution is -2.29. The van der Waals surface area contributed by atoms with E-state index < -0.39 is 10.0 Å². The highest BCUT2D eigenvalue weighted by atomic mass is 32.2. The molecular weight excluding hydrogens is 316 g/mol. The van der Waals surface area contributed by atoms with Crippen LogP contribution in [0.15, 0.2) is 29.2 Å². The molecule has 1 N–H and O–H groups in total. The van der Waals surface area contributed by atoms with Gasteiger partial charge in [0.05, 0.1) is 11.0 Å². The summed E-state index contributed by atoms with van der Waals surface area (Å²) in [5.74, 6) is -0.345. The molecule has 1 saturated carbocycles. The van der Waals surface area contributed by atoms with Gasteiger partial charge in [-0.05, 0) is 49.9 Å². The molecule has 2 aliphatic rings.